The first-order chi connectivity index (χ1) is 16.2. The first kappa shape index (κ1) is 26.2. The van der Waals surface area contributed by atoms with E-state index in [2.05, 4.69) is 17.0 Å². The molecule has 34 heavy (non-hydrogen) atoms. The second-order valence-corrected chi connectivity index (χ2v) is 10.2. The molecular weight excluding hydrogens is 482 g/mol. The van der Waals surface area contributed by atoms with E-state index in [9.17, 15) is 22.3 Å². The van der Waals surface area contributed by atoms with Gasteiger partial charge in [0.2, 0.25) is 10.0 Å². The molecule has 3 aromatic carbocycles. The van der Waals surface area contributed by atoms with Gasteiger partial charge in [-0.15, -0.1) is 0 Å². The number of halogens is 3. The summed E-state index contributed by atoms with van der Waals surface area (Å²) >= 11 is 5.93. The van der Waals surface area contributed by atoms with Crippen molar-refractivity contribution in [1.82, 2.24) is 10.0 Å². The first-order valence-corrected chi connectivity index (χ1v) is 12.7. The van der Waals surface area contributed by atoms with Gasteiger partial charge in [-0.3, -0.25) is 0 Å². The van der Waals surface area contributed by atoms with E-state index in [-0.39, 0.29) is 28.4 Å². The van der Waals surface area contributed by atoms with Gasteiger partial charge < -0.3 is 10.4 Å². The van der Waals surface area contributed by atoms with Crippen molar-refractivity contribution in [3.05, 3.63) is 100 Å². The van der Waals surface area contributed by atoms with E-state index in [1.54, 1.807) is 6.07 Å². The molecular formula is C25H27ClF2N2O3S. The quantitative estimate of drug-likeness (QED) is 0.362. The number of nitrogens with one attached hydrogen (secondary N) is 2. The molecule has 0 saturated carbocycles. The fraction of sp³-hybridized carbons (Fsp3) is 0.280. The number of aryl methyl sites for hydroxylation is 1. The molecule has 0 saturated heterocycles. The second-order valence-electron chi connectivity index (χ2n) is 8.04. The molecule has 0 aromatic heterocycles. The Morgan fingerprint density at radius 2 is 1.62 bits per heavy atom. The highest BCUT2D eigenvalue weighted by Crippen LogP contribution is 2.18. The van der Waals surface area contributed by atoms with Crippen LogP contribution in [-0.4, -0.2) is 32.2 Å². The number of sulfonamides is 1. The molecule has 5 nitrogen and oxygen atoms in total. The maximum absolute atomic E-state index is 13.7. The van der Waals surface area contributed by atoms with Gasteiger partial charge in [0.25, 0.3) is 0 Å². The zero-order valence-corrected chi connectivity index (χ0v) is 20.2. The monoisotopic (exact) mass is 508 g/mol. The van der Waals surface area contributed by atoms with Gasteiger partial charge in [-0.2, -0.15) is 0 Å². The molecule has 0 heterocycles. The molecule has 0 radical (unpaired) electrons. The lowest BCUT2D eigenvalue weighted by Gasteiger charge is -2.25. The number of hydrogen-bond acceptors (Lipinski definition) is 4. The van der Waals surface area contributed by atoms with Crippen LogP contribution in [0.4, 0.5) is 8.78 Å². The average molecular weight is 509 g/mol. The Balaban J connectivity index is 1.77. The predicted octanol–water partition coefficient (Wildman–Crippen LogP) is 4.22. The summed E-state index contributed by atoms with van der Waals surface area (Å²) in [6.07, 6.45) is -0.411. The van der Waals surface area contributed by atoms with Crippen molar-refractivity contribution in [1.29, 1.82) is 0 Å². The number of hydrogen-bond donors (Lipinski definition) is 3. The number of rotatable bonds is 11. The molecule has 0 aliphatic carbocycles. The van der Waals surface area contributed by atoms with Crippen LogP contribution in [0.2, 0.25) is 5.02 Å². The standard InChI is InChI=1S/C25H27ClF2N2O3S/c1-2-17-5-3-6-18(9-17)15-29-16-25(31)24(12-19-10-21(27)14-22(28)11-19)30-34(32,33)23-8-4-7-20(26)13-23/h3-11,13-14,24-25,29-31H,2,12,15-16H2,1H3/t24-,25+/m1/s1. The summed E-state index contributed by atoms with van der Waals surface area (Å²) in [5.41, 5.74) is 2.42. The summed E-state index contributed by atoms with van der Waals surface area (Å²) in [7, 11) is -4.06. The summed E-state index contributed by atoms with van der Waals surface area (Å²) < 4.78 is 55.8. The van der Waals surface area contributed by atoms with Crippen LogP contribution in [0.5, 0.6) is 0 Å². The van der Waals surface area contributed by atoms with Crippen LogP contribution < -0.4 is 10.0 Å². The molecule has 0 bridgehead atoms. The topological polar surface area (TPSA) is 78.4 Å². The van der Waals surface area contributed by atoms with Crippen molar-refractivity contribution in [2.75, 3.05) is 6.54 Å². The Hall–Kier alpha value is -2.36. The van der Waals surface area contributed by atoms with Crippen molar-refractivity contribution >= 4 is 21.6 Å². The van der Waals surface area contributed by atoms with Crippen LogP contribution >= 0.6 is 11.6 Å². The molecule has 3 rings (SSSR count). The van der Waals surface area contributed by atoms with Crippen LogP contribution in [0, 0.1) is 11.6 Å². The summed E-state index contributed by atoms with van der Waals surface area (Å²) in [6.45, 7) is 2.58. The highest BCUT2D eigenvalue weighted by Gasteiger charge is 2.27. The lowest BCUT2D eigenvalue weighted by Crippen LogP contribution is -2.48. The third-order valence-corrected chi connectivity index (χ3v) is 7.06. The average Bonchev–Trinajstić information content (AvgIpc) is 2.78. The Bertz CT molecular complexity index is 1200. The van der Waals surface area contributed by atoms with Gasteiger partial charge in [0.05, 0.1) is 17.0 Å². The minimum absolute atomic E-state index is 0.0525. The van der Waals surface area contributed by atoms with Gasteiger partial charge in [-0.1, -0.05) is 48.9 Å². The van der Waals surface area contributed by atoms with Crippen molar-refractivity contribution < 1.29 is 22.3 Å². The molecule has 0 aliphatic heterocycles. The molecule has 0 aliphatic rings. The highest BCUT2D eigenvalue weighted by molar-refractivity contribution is 7.89. The fourth-order valence-electron chi connectivity index (χ4n) is 3.61. The van der Waals surface area contributed by atoms with Crippen LogP contribution in [0.15, 0.2) is 71.6 Å². The predicted molar refractivity (Wildman–Crippen MR) is 129 cm³/mol. The van der Waals surface area contributed by atoms with Gasteiger partial charge in [0.15, 0.2) is 0 Å². The van der Waals surface area contributed by atoms with Crippen LogP contribution in [-0.2, 0) is 29.4 Å². The number of aliphatic hydroxyl groups is 1. The van der Waals surface area contributed by atoms with E-state index >= 15 is 0 Å². The van der Waals surface area contributed by atoms with Gasteiger partial charge in [-0.05, 0) is 59.9 Å². The lowest BCUT2D eigenvalue weighted by atomic mass is 10.0. The van der Waals surface area contributed by atoms with Crippen LogP contribution in [0.1, 0.15) is 23.6 Å². The van der Waals surface area contributed by atoms with Crippen molar-refractivity contribution in [3.8, 4) is 0 Å². The first-order valence-electron chi connectivity index (χ1n) is 10.9. The summed E-state index contributed by atoms with van der Waals surface area (Å²) in [4.78, 5) is -0.0769. The van der Waals surface area contributed by atoms with Crippen molar-refractivity contribution in [2.45, 2.75) is 43.4 Å². The highest BCUT2D eigenvalue weighted by atomic mass is 35.5. The summed E-state index contributed by atoms with van der Waals surface area (Å²) in [5, 5.41) is 14.2. The minimum atomic E-state index is -4.06. The minimum Gasteiger partial charge on any atom is -0.390 e. The SMILES string of the molecule is CCc1cccc(CNC[C@H](O)[C@@H](Cc2cc(F)cc(F)c2)NS(=O)(=O)c2cccc(Cl)c2)c1. The fourth-order valence-corrected chi connectivity index (χ4v) is 5.18. The lowest BCUT2D eigenvalue weighted by molar-refractivity contribution is 0.134. The third-order valence-electron chi connectivity index (χ3n) is 5.34. The molecule has 0 amide bonds. The molecule has 0 unspecified atom stereocenters. The van der Waals surface area contributed by atoms with Gasteiger partial charge in [0.1, 0.15) is 11.6 Å². The molecule has 0 spiro atoms. The molecule has 3 N–H and O–H groups in total. The smallest absolute Gasteiger partial charge is 0.240 e. The van der Waals surface area contributed by atoms with Crippen molar-refractivity contribution in [2.24, 2.45) is 0 Å². The van der Waals surface area contributed by atoms with Crippen LogP contribution in [0.25, 0.3) is 0 Å². The van der Waals surface area contributed by atoms with E-state index in [0.29, 0.717) is 6.54 Å². The maximum atomic E-state index is 13.7. The third kappa shape index (κ3) is 7.58. The largest absolute Gasteiger partial charge is 0.390 e. The molecule has 182 valence electrons. The zero-order valence-electron chi connectivity index (χ0n) is 18.6. The van der Waals surface area contributed by atoms with Gasteiger partial charge in [-0.25, -0.2) is 21.9 Å². The molecule has 2 atom stereocenters. The van der Waals surface area contributed by atoms with E-state index in [1.165, 1.54) is 23.8 Å². The normalized spacial score (nSPS) is 13.6. The second kappa shape index (κ2) is 11.9. The van der Waals surface area contributed by atoms with Gasteiger partial charge in [0, 0.05) is 24.2 Å². The van der Waals surface area contributed by atoms with Crippen molar-refractivity contribution in [3.63, 3.8) is 0 Å². The molecule has 3 aromatic rings. The van der Waals surface area contributed by atoms with E-state index < -0.39 is 33.8 Å². The van der Waals surface area contributed by atoms with E-state index in [1.807, 2.05) is 24.3 Å². The summed E-state index contributed by atoms with van der Waals surface area (Å²) in [5.74, 6) is -1.57. The van der Waals surface area contributed by atoms with Gasteiger partial charge >= 0.3 is 0 Å². The Morgan fingerprint density at radius 3 is 2.29 bits per heavy atom. The Labute approximate surface area is 203 Å². The zero-order chi connectivity index (χ0) is 24.7. The summed E-state index contributed by atoms with van der Waals surface area (Å²) in [6, 6.07) is 15.6. The number of benzene rings is 3. The Kier molecular flexibility index (Phi) is 9.16. The van der Waals surface area contributed by atoms with E-state index in [4.69, 9.17) is 11.6 Å². The maximum Gasteiger partial charge on any atom is 0.240 e. The number of aliphatic hydroxyl groups excluding tert-OH is 1. The Morgan fingerprint density at radius 1 is 0.941 bits per heavy atom. The van der Waals surface area contributed by atoms with E-state index in [0.717, 1.165) is 30.2 Å². The van der Waals surface area contributed by atoms with Crippen LogP contribution in [0.3, 0.4) is 0 Å². The molecule has 0 fully saturated rings. The molecule has 9 heteroatoms.